The predicted molar refractivity (Wildman–Crippen MR) is 61.2 cm³/mol. The molecule has 1 aromatic rings. The van der Waals surface area contributed by atoms with Crippen molar-refractivity contribution in [3.05, 3.63) is 29.3 Å². The summed E-state index contributed by atoms with van der Waals surface area (Å²) in [6.07, 6.45) is 0. The highest BCUT2D eigenvalue weighted by atomic mass is 16.5. The predicted octanol–water partition coefficient (Wildman–Crippen LogP) is 0.682. The molecule has 6 heteroatoms. The van der Waals surface area contributed by atoms with Gasteiger partial charge >= 0.3 is 11.9 Å². The molecular weight excluding hydrogens is 238 g/mol. The first-order valence-electron chi connectivity index (χ1n) is 5.19. The first-order valence-corrected chi connectivity index (χ1v) is 5.19. The normalized spacial score (nSPS) is 16.8. The van der Waals surface area contributed by atoms with Crippen molar-refractivity contribution in [2.45, 2.75) is 5.92 Å². The number of hydrogen-bond acceptors (Lipinski definition) is 5. The molecule has 0 aromatic heterocycles. The lowest BCUT2D eigenvalue weighted by molar-refractivity contribution is -0.144. The van der Waals surface area contributed by atoms with E-state index in [9.17, 15) is 14.4 Å². The molecule has 1 heterocycles. The van der Waals surface area contributed by atoms with Gasteiger partial charge in [0, 0.05) is 5.69 Å². The smallest absolute Gasteiger partial charge is 0.337 e. The van der Waals surface area contributed by atoms with Gasteiger partial charge in [-0.1, -0.05) is 6.07 Å². The number of carbonyl (C=O) groups excluding carboxylic acids is 3. The van der Waals surface area contributed by atoms with Gasteiger partial charge in [0.1, 0.15) is 0 Å². The number of ether oxygens (including phenoxy) is 2. The third-order valence-corrected chi connectivity index (χ3v) is 2.74. The Labute approximate surface area is 103 Å². The number of carbonyl (C=O) groups is 3. The lowest BCUT2D eigenvalue weighted by Gasteiger charge is -2.06. The van der Waals surface area contributed by atoms with Crippen LogP contribution >= 0.6 is 0 Å². The van der Waals surface area contributed by atoms with Crippen LogP contribution in [-0.4, -0.2) is 32.1 Å². The van der Waals surface area contributed by atoms with Gasteiger partial charge in [-0.2, -0.15) is 0 Å². The lowest BCUT2D eigenvalue weighted by atomic mass is 9.99. The minimum Gasteiger partial charge on any atom is -0.468 e. The number of nitrogens with one attached hydrogen (secondary N) is 1. The second-order valence-corrected chi connectivity index (χ2v) is 3.74. The summed E-state index contributed by atoms with van der Waals surface area (Å²) in [5, 5.41) is 2.53. The Hall–Kier alpha value is -2.37. The molecule has 18 heavy (non-hydrogen) atoms. The highest BCUT2D eigenvalue weighted by Gasteiger charge is 2.37. The largest absolute Gasteiger partial charge is 0.468 e. The number of benzene rings is 1. The topological polar surface area (TPSA) is 81.7 Å². The molecule has 0 saturated heterocycles. The van der Waals surface area contributed by atoms with Crippen molar-refractivity contribution in [3.63, 3.8) is 0 Å². The Bertz CT molecular complexity index is 537. The molecule has 1 aliphatic heterocycles. The fraction of sp³-hybridized carbons (Fsp3) is 0.250. The van der Waals surface area contributed by atoms with Crippen LogP contribution in [0.1, 0.15) is 21.8 Å². The number of hydrogen-bond donors (Lipinski definition) is 1. The molecule has 6 nitrogen and oxygen atoms in total. The van der Waals surface area contributed by atoms with Crippen molar-refractivity contribution in [1.82, 2.24) is 0 Å². The summed E-state index contributed by atoms with van der Waals surface area (Å²) in [4.78, 5) is 34.5. The van der Waals surface area contributed by atoms with Crippen molar-refractivity contribution in [1.29, 1.82) is 0 Å². The zero-order chi connectivity index (χ0) is 13.3. The van der Waals surface area contributed by atoms with Gasteiger partial charge in [0.15, 0.2) is 5.92 Å². The number of methoxy groups -OCH3 is 2. The van der Waals surface area contributed by atoms with Crippen LogP contribution in [0.15, 0.2) is 18.2 Å². The Kier molecular flexibility index (Phi) is 3.01. The molecule has 0 aliphatic carbocycles. The average molecular weight is 249 g/mol. The van der Waals surface area contributed by atoms with Gasteiger partial charge in [-0.25, -0.2) is 4.79 Å². The highest BCUT2D eigenvalue weighted by molar-refractivity contribution is 6.15. The molecule has 0 radical (unpaired) electrons. The van der Waals surface area contributed by atoms with Gasteiger partial charge in [-0.3, -0.25) is 9.59 Å². The molecule has 1 atom stereocenters. The van der Waals surface area contributed by atoms with Crippen molar-refractivity contribution in [3.8, 4) is 0 Å². The number of anilines is 1. The van der Waals surface area contributed by atoms with E-state index in [1.54, 1.807) is 6.07 Å². The first kappa shape index (κ1) is 12.1. The number of rotatable bonds is 2. The van der Waals surface area contributed by atoms with Crippen molar-refractivity contribution in [2.24, 2.45) is 0 Å². The summed E-state index contributed by atoms with van der Waals surface area (Å²) < 4.78 is 9.14. The molecule has 0 spiro atoms. The zero-order valence-electron chi connectivity index (χ0n) is 9.85. The van der Waals surface area contributed by atoms with Crippen LogP contribution in [-0.2, 0) is 19.1 Å². The second kappa shape index (κ2) is 4.48. The van der Waals surface area contributed by atoms with Crippen molar-refractivity contribution in [2.75, 3.05) is 19.5 Å². The van der Waals surface area contributed by atoms with Crippen LogP contribution < -0.4 is 5.32 Å². The Morgan fingerprint density at radius 3 is 2.56 bits per heavy atom. The maximum Gasteiger partial charge on any atom is 0.337 e. The summed E-state index contributed by atoms with van der Waals surface area (Å²) in [5.74, 6) is -2.57. The number of fused-ring (bicyclic) bond motifs is 1. The van der Waals surface area contributed by atoms with E-state index in [1.807, 2.05) is 0 Å². The maximum atomic E-state index is 11.7. The SMILES string of the molecule is COC(=O)c1ccc2c(c1)NC(=O)C2C(=O)OC. The summed E-state index contributed by atoms with van der Waals surface area (Å²) >= 11 is 0. The zero-order valence-corrected chi connectivity index (χ0v) is 9.85. The lowest BCUT2D eigenvalue weighted by Crippen LogP contribution is -2.21. The van der Waals surface area contributed by atoms with E-state index in [0.717, 1.165) is 0 Å². The molecule has 1 N–H and O–H groups in total. The monoisotopic (exact) mass is 249 g/mol. The third kappa shape index (κ3) is 1.81. The molecule has 0 saturated carbocycles. The van der Waals surface area contributed by atoms with Gasteiger partial charge < -0.3 is 14.8 Å². The quantitative estimate of drug-likeness (QED) is 0.615. The van der Waals surface area contributed by atoms with Gasteiger partial charge in [-0.05, 0) is 17.7 Å². The average Bonchev–Trinajstić information content (AvgIpc) is 2.71. The minimum absolute atomic E-state index is 0.307. The molecule has 94 valence electrons. The minimum atomic E-state index is -0.975. The van der Waals surface area contributed by atoms with Crippen LogP contribution in [0, 0.1) is 0 Å². The summed E-state index contributed by atoms with van der Waals surface area (Å²) in [5.41, 5.74) is 1.24. The van der Waals surface area contributed by atoms with E-state index in [1.165, 1.54) is 26.4 Å². The molecule has 1 aromatic carbocycles. The van der Waals surface area contributed by atoms with Crippen LogP contribution in [0.2, 0.25) is 0 Å². The Morgan fingerprint density at radius 1 is 1.22 bits per heavy atom. The van der Waals surface area contributed by atoms with E-state index >= 15 is 0 Å². The van der Waals surface area contributed by atoms with Gasteiger partial charge in [-0.15, -0.1) is 0 Å². The van der Waals surface area contributed by atoms with Crippen molar-refractivity contribution < 1.29 is 23.9 Å². The van der Waals surface area contributed by atoms with Gasteiger partial charge in [0.2, 0.25) is 5.91 Å². The van der Waals surface area contributed by atoms with Gasteiger partial charge in [0.05, 0.1) is 19.8 Å². The molecule has 0 fully saturated rings. The fourth-order valence-electron chi connectivity index (χ4n) is 1.86. The number of amides is 1. The maximum absolute atomic E-state index is 11.7. The summed E-state index contributed by atoms with van der Waals surface area (Å²) in [7, 11) is 2.49. The van der Waals surface area contributed by atoms with E-state index in [2.05, 4.69) is 14.8 Å². The van der Waals surface area contributed by atoms with Crippen LogP contribution in [0.25, 0.3) is 0 Å². The van der Waals surface area contributed by atoms with Crippen LogP contribution in [0.4, 0.5) is 5.69 Å². The van der Waals surface area contributed by atoms with E-state index in [4.69, 9.17) is 0 Å². The molecule has 1 amide bonds. The molecule has 1 aliphatic rings. The van der Waals surface area contributed by atoms with Crippen molar-refractivity contribution >= 4 is 23.5 Å². The first-order chi connectivity index (χ1) is 8.58. The fourth-order valence-corrected chi connectivity index (χ4v) is 1.86. The third-order valence-electron chi connectivity index (χ3n) is 2.74. The second-order valence-electron chi connectivity index (χ2n) is 3.74. The standard InChI is InChI=1S/C12H11NO5/c1-17-11(15)6-3-4-7-8(5-6)13-10(14)9(7)12(16)18-2/h3-5,9H,1-2H3,(H,13,14). The highest BCUT2D eigenvalue weighted by Crippen LogP contribution is 2.34. The van der Waals surface area contributed by atoms with Crippen LogP contribution in [0.5, 0.6) is 0 Å². The van der Waals surface area contributed by atoms with E-state index < -0.39 is 23.8 Å². The molecule has 1 unspecified atom stereocenters. The molecule has 0 bridgehead atoms. The molecule has 2 rings (SSSR count). The van der Waals surface area contributed by atoms with E-state index in [-0.39, 0.29) is 0 Å². The Balaban J connectivity index is 2.41. The summed E-state index contributed by atoms with van der Waals surface area (Å²) in [6.45, 7) is 0. The summed E-state index contributed by atoms with van der Waals surface area (Å²) in [6, 6.07) is 4.52. The van der Waals surface area contributed by atoms with Gasteiger partial charge in [0.25, 0.3) is 0 Å². The molecular formula is C12H11NO5. The van der Waals surface area contributed by atoms with Crippen LogP contribution in [0.3, 0.4) is 0 Å². The van der Waals surface area contributed by atoms with E-state index in [0.29, 0.717) is 16.8 Å². The Morgan fingerprint density at radius 2 is 1.94 bits per heavy atom. The number of esters is 2.